The lowest BCUT2D eigenvalue weighted by molar-refractivity contribution is 0.0418. The Morgan fingerprint density at radius 2 is 2.00 bits per heavy atom. The number of likely N-dealkylation sites (tertiary alicyclic amines) is 1. The molecule has 4 nitrogen and oxygen atoms in total. The van der Waals surface area contributed by atoms with Crippen LogP contribution in [0.1, 0.15) is 44.1 Å². The minimum absolute atomic E-state index is 0.0388. The minimum Gasteiger partial charge on any atom is -0.444 e. The summed E-state index contributed by atoms with van der Waals surface area (Å²) >= 11 is 0. The highest BCUT2D eigenvalue weighted by Gasteiger charge is 2.45. The van der Waals surface area contributed by atoms with Gasteiger partial charge in [-0.3, -0.25) is 4.90 Å². The Balaban J connectivity index is 1.53. The number of fused-ring (bicyclic) bond motifs is 1. The van der Waals surface area contributed by atoms with Crippen LogP contribution in [0.15, 0.2) is 30.3 Å². The van der Waals surface area contributed by atoms with Gasteiger partial charge in [0.25, 0.3) is 0 Å². The molecular weight excluding hydrogens is 314 g/mol. The molecule has 4 rings (SSSR count). The second-order valence-corrected chi connectivity index (χ2v) is 7.28. The molecule has 3 unspecified atom stereocenters. The lowest BCUT2D eigenvalue weighted by Gasteiger charge is -2.32. The molecule has 3 fully saturated rings. The van der Waals surface area contributed by atoms with Crippen LogP contribution < -0.4 is 0 Å². The number of carbonyl (C=O) groups is 1. The second kappa shape index (κ2) is 7.49. The van der Waals surface area contributed by atoms with E-state index in [2.05, 4.69) is 11.8 Å². The molecule has 1 saturated carbocycles. The summed E-state index contributed by atoms with van der Waals surface area (Å²) < 4.78 is 11.1. The highest BCUT2D eigenvalue weighted by atomic mass is 16.6. The Hall–Kier alpha value is -1.99. The molecule has 0 spiro atoms. The van der Waals surface area contributed by atoms with Gasteiger partial charge in [0.15, 0.2) is 0 Å². The lowest BCUT2D eigenvalue weighted by Crippen LogP contribution is -2.44. The predicted molar refractivity (Wildman–Crippen MR) is 95.0 cm³/mol. The van der Waals surface area contributed by atoms with E-state index in [9.17, 15) is 4.79 Å². The summed E-state index contributed by atoms with van der Waals surface area (Å²) in [5.41, 5.74) is 0.995. The molecule has 0 N–H and O–H groups in total. The molecule has 0 aromatic heterocycles. The monoisotopic (exact) mass is 339 g/mol. The standard InChI is InChI=1S/C21H25NO3/c23-21(25-19-12-13-24-15-19)22-18(11-10-16-6-2-1-3-7-16)14-17-8-4-5-9-20(17)22/h1-3,6-7,17-20H,4-5,8-9,12-15H2/t17?,18-,19?,20?/m1/s1. The van der Waals surface area contributed by atoms with Gasteiger partial charge in [0.05, 0.1) is 19.3 Å². The van der Waals surface area contributed by atoms with Gasteiger partial charge < -0.3 is 9.47 Å². The number of nitrogens with zero attached hydrogens (tertiary/aromatic N) is 1. The van der Waals surface area contributed by atoms with Gasteiger partial charge in [0, 0.05) is 18.0 Å². The van der Waals surface area contributed by atoms with Crippen LogP contribution in [-0.4, -0.2) is 42.4 Å². The third kappa shape index (κ3) is 3.67. The lowest BCUT2D eigenvalue weighted by atomic mass is 9.85. The van der Waals surface area contributed by atoms with E-state index in [-0.39, 0.29) is 18.2 Å². The smallest absolute Gasteiger partial charge is 0.411 e. The molecule has 1 amide bonds. The molecule has 1 aromatic rings. The fourth-order valence-electron chi connectivity index (χ4n) is 4.35. The van der Waals surface area contributed by atoms with E-state index in [1.54, 1.807) is 0 Å². The first-order chi connectivity index (χ1) is 12.3. The number of carbonyl (C=O) groups excluding carboxylic acids is 1. The van der Waals surface area contributed by atoms with Crippen molar-refractivity contribution < 1.29 is 14.3 Å². The number of rotatable bonds is 1. The fraction of sp³-hybridized carbons (Fsp3) is 0.571. The molecule has 2 aliphatic heterocycles. The normalized spacial score (nSPS) is 31.1. The quantitative estimate of drug-likeness (QED) is 0.734. The van der Waals surface area contributed by atoms with Gasteiger partial charge in [0.2, 0.25) is 0 Å². The van der Waals surface area contributed by atoms with Crippen LogP contribution in [0.4, 0.5) is 4.79 Å². The van der Waals surface area contributed by atoms with Crippen molar-refractivity contribution in [3.05, 3.63) is 35.9 Å². The molecule has 3 aliphatic rings. The maximum absolute atomic E-state index is 12.9. The molecule has 1 aliphatic carbocycles. The number of ether oxygens (including phenoxy) is 2. The van der Waals surface area contributed by atoms with Crippen molar-refractivity contribution in [1.82, 2.24) is 4.90 Å². The first-order valence-corrected chi connectivity index (χ1v) is 9.44. The topological polar surface area (TPSA) is 38.8 Å². The average molecular weight is 339 g/mol. The fourth-order valence-corrected chi connectivity index (χ4v) is 4.35. The molecular formula is C21H25NO3. The van der Waals surface area contributed by atoms with Gasteiger partial charge in [0.1, 0.15) is 6.10 Å². The molecule has 4 atom stereocenters. The zero-order valence-electron chi connectivity index (χ0n) is 14.5. The Bertz CT molecular complexity index is 657. The molecule has 132 valence electrons. The zero-order valence-corrected chi connectivity index (χ0v) is 14.5. The van der Waals surface area contributed by atoms with Crippen LogP contribution >= 0.6 is 0 Å². The summed E-state index contributed by atoms with van der Waals surface area (Å²) in [6.45, 7) is 1.20. The van der Waals surface area contributed by atoms with Crippen molar-refractivity contribution in [2.75, 3.05) is 13.2 Å². The Morgan fingerprint density at radius 1 is 1.16 bits per heavy atom. The SMILES string of the molecule is O=C(OC1CCOC1)N1C2CCCCC2C[C@H]1C#Cc1ccccc1. The number of benzene rings is 1. The van der Waals surface area contributed by atoms with Crippen LogP contribution in [0.5, 0.6) is 0 Å². The highest BCUT2D eigenvalue weighted by molar-refractivity contribution is 5.70. The highest BCUT2D eigenvalue weighted by Crippen LogP contribution is 2.40. The van der Waals surface area contributed by atoms with Crippen molar-refractivity contribution in [1.29, 1.82) is 0 Å². The summed E-state index contributed by atoms with van der Waals surface area (Å²) in [5.74, 6) is 7.17. The van der Waals surface area contributed by atoms with Gasteiger partial charge in [-0.15, -0.1) is 0 Å². The summed E-state index contributed by atoms with van der Waals surface area (Å²) in [6.07, 6.45) is 6.20. The van der Waals surface area contributed by atoms with Gasteiger partial charge in [-0.05, 0) is 37.3 Å². The third-order valence-electron chi connectivity index (χ3n) is 5.61. The molecule has 0 bridgehead atoms. The molecule has 2 saturated heterocycles. The molecule has 2 heterocycles. The summed E-state index contributed by atoms with van der Waals surface area (Å²) in [5, 5.41) is 0. The zero-order chi connectivity index (χ0) is 17.1. The second-order valence-electron chi connectivity index (χ2n) is 7.28. The third-order valence-corrected chi connectivity index (χ3v) is 5.61. The maximum atomic E-state index is 12.9. The first kappa shape index (κ1) is 16.5. The van der Waals surface area contributed by atoms with Crippen LogP contribution in [0.2, 0.25) is 0 Å². The van der Waals surface area contributed by atoms with E-state index in [4.69, 9.17) is 9.47 Å². The Morgan fingerprint density at radius 3 is 2.80 bits per heavy atom. The number of hydrogen-bond donors (Lipinski definition) is 0. The average Bonchev–Trinajstić information content (AvgIpc) is 3.27. The van der Waals surface area contributed by atoms with E-state index in [1.165, 1.54) is 19.3 Å². The molecule has 0 radical (unpaired) electrons. The van der Waals surface area contributed by atoms with Crippen molar-refractivity contribution >= 4 is 6.09 Å². The van der Waals surface area contributed by atoms with Crippen LogP contribution in [0, 0.1) is 17.8 Å². The van der Waals surface area contributed by atoms with Crippen LogP contribution in [-0.2, 0) is 9.47 Å². The minimum atomic E-state index is -0.197. The number of amides is 1. The summed E-state index contributed by atoms with van der Waals surface area (Å²) in [7, 11) is 0. The van der Waals surface area contributed by atoms with Gasteiger partial charge in [-0.1, -0.05) is 42.9 Å². The van der Waals surface area contributed by atoms with Gasteiger partial charge in [-0.25, -0.2) is 4.79 Å². The van der Waals surface area contributed by atoms with E-state index >= 15 is 0 Å². The van der Waals surface area contributed by atoms with E-state index in [0.717, 1.165) is 24.8 Å². The summed E-state index contributed by atoms with van der Waals surface area (Å²) in [6, 6.07) is 10.2. The molecule has 1 aromatic carbocycles. The van der Waals surface area contributed by atoms with Gasteiger partial charge in [-0.2, -0.15) is 0 Å². The van der Waals surface area contributed by atoms with E-state index in [0.29, 0.717) is 25.2 Å². The van der Waals surface area contributed by atoms with Crippen LogP contribution in [0.3, 0.4) is 0 Å². The Kier molecular flexibility index (Phi) is 4.94. The maximum Gasteiger partial charge on any atom is 0.411 e. The van der Waals surface area contributed by atoms with E-state index < -0.39 is 0 Å². The largest absolute Gasteiger partial charge is 0.444 e. The summed E-state index contributed by atoms with van der Waals surface area (Å²) in [4.78, 5) is 14.8. The van der Waals surface area contributed by atoms with Crippen molar-refractivity contribution in [2.24, 2.45) is 5.92 Å². The van der Waals surface area contributed by atoms with E-state index in [1.807, 2.05) is 35.2 Å². The predicted octanol–water partition coefficient (Wildman–Crippen LogP) is 3.60. The van der Waals surface area contributed by atoms with Crippen LogP contribution in [0.25, 0.3) is 0 Å². The van der Waals surface area contributed by atoms with Gasteiger partial charge >= 0.3 is 6.09 Å². The molecule has 4 heteroatoms. The van der Waals surface area contributed by atoms with Crippen molar-refractivity contribution in [3.8, 4) is 11.8 Å². The first-order valence-electron chi connectivity index (χ1n) is 9.44. The Labute approximate surface area is 149 Å². The molecule has 25 heavy (non-hydrogen) atoms. The van der Waals surface area contributed by atoms with Crippen molar-refractivity contribution in [2.45, 2.75) is 56.7 Å². The number of hydrogen-bond acceptors (Lipinski definition) is 3. The van der Waals surface area contributed by atoms with Crippen molar-refractivity contribution in [3.63, 3.8) is 0 Å².